The molecule has 0 amide bonds. The summed E-state index contributed by atoms with van der Waals surface area (Å²) in [5, 5.41) is 19.8. The number of nitrogens with zero attached hydrogens (tertiary/aromatic N) is 2. The first-order chi connectivity index (χ1) is 9.22. The molecule has 0 spiro atoms. The molecule has 6 heteroatoms. The van der Waals surface area contributed by atoms with Gasteiger partial charge in [-0.1, -0.05) is 18.2 Å². The fourth-order valence-electron chi connectivity index (χ4n) is 1.65. The van der Waals surface area contributed by atoms with E-state index in [0.29, 0.717) is 12.2 Å². The highest BCUT2D eigenvalue weighted by atomic mass is 16.6. The molecule has 0 radical (unpaired) electrons. The lowest BCUT2D eigenvalue weighted by atomic mass is 10.1. The van der Waals surface area contributed by atoms with Gasteiger partial charge >= 0.3 is 5.69 Å². The van der Waals surface area contributed by atoms with Crippen molar-refractivity contribution in [1.29, 1.82) is 0 Å². The Labute approximate surface area is 109 Å². The molecule has 2 aromatic rings. The number of aromatic nitrogens is 1. The minimum Gasteiger partial charge on any atom is -0.450 e. The van der Waals surface area contributed by atoms with Crippen molar-refractivity contribution in [3.63, 3.8) is 0 Å². The first kappa shape index (κ1) is 13.0. The van der Waals surface area contributed by atoms with Gasteiger partial charge in [-0.3, -0.25) is 15.1 Å². The average molecular weight is 260 g/mol. The summed E-state index contributed by atoms with van der Waals surface area (Å²) < 4.78 is 5.56. The fourth-order valence-corrected chi connectivity index (χ4v) is 1.65. The van der Waals surface area contributed by atoms with Crippen LogP contribution in [0.15, 0.2) is 42.7 Å². The van der Waals surface area contributed by atoms with Gasteiger partial charge in [-0.25, -0.2) is 0 Å². The number of para-hydroxylation sites is 1. The van der Waals surface area contributed by atoms with Crippen LogP contribution in [0.1, 0.15) is 5.56 Å². The molecule has 19 heavy (non-hydrogen) atoms. The van der Waals surface area contributed by atoms with Gasteiger partial charge in [0.05, 0.1) is 4.92 Å². The Morgan fingerprint density at radius 3 is 2.79 bits per heavy atom. The number of benzene rings is 1. The molecule has 2 rings (SSSR count). The van der Waals surface area contributed by atoms with Crippen molar-refractivity contribution >= 4 is 5.69 Å². The molecule has 6 nitrogen and oxygen atoms in total. The van der Waals surface area contributed by atoms with Gasteiger partial charge in [0.25, 0.3) is 0 Å². The largest absolute Gasteiger partial charge is 0.450 e. The van der Waals surface area contributed by atoms with Crippen molar-refractivity contribution in [2.45, 2.75) is 6.42 Å². The summed E-state index contributed by atoms with van der Waals surface area (Å²) >= 11 is 0. The Balaban J connectivity index is 2.34. The van der Waals surface area contributed by atoms with Gasteiger partial charge < -0.3 is 9.84 Å². The summed E-state index contributed by atoms with van der Waals surface area (Å²) in [5.41, 5.74) is 0.595. The van der Waals surface area contributed by atoms with Gasteiger partial charge in [0.15, 0.2) is 0 Å². The Kier molecular flexibility index (Phi) is 4.04. The Morgan fingerprint density at radius 2 is 2.05 bits per heavy atom. The smallest absolute Gasteiger partial charge is 0.329 e. The SMILES string of the molecule is O=[N+]([O-])c1cnccc1Oc1ccccc1CCO. The summed E-state index contributed by atoms with van der Waals surface area (Å²) in [4.78, 5) is 14.0. The Bertz CT molecular complexity index is 586. The maximum absolute atomic E-state index is 10.9. The Hall–Kier alpha value is -2.47. The lowest BCUT2D eigenvalue weighted by Gasteiger charge is -2.10. The van der Waals surface area contributed by atoms with Crippen LogP contribution in [0.25, 0.3) is 0 Å². The van der Waals surface area contributed by atoms with E-state index in [2.05, 4.69) is 4.98 Å². The van der Waals surface area contributed by atoms with E-state index in [1.165, 1.54) is 12.3 Å². The number of aliphatic hydroxyl groups is 1. The summed E-state index contributed by atoms with van der Waals surface area (Å²) in [5.74, 6) is 0.622. The van der Waals surface area contributed by atoms with Gasteiger partial charge in [0.1, 0.15) is 11.9 Å². The van der Waals surface area contributed by atoms with Gasteiger partial charge in [0, 0.05) is 18.9 Å². The second-order valence-corrected chi connectivity index (χ2v) is 3.78. The molecular weight excluding hydrogens is 248 g/mol. The number of aliphatic hydroxyl groups excluding tert-OH is 1. The van der Waals surface area contributed by atoms with Crippen LogP contribution in [0.5, 0.6) is 11.5 Å². The number of nitro groups is 1. The van der Waals surface area contributed by atoms with Crippen molar-refractivity contribution in [1.82, 2.24) is 4.98 Å². The zero-order valence-electron chi connectivity index (χ0n) is 10.0. The average Bonchev–Trinajstić information content (AvgIpc) is 2.42. The summed E-state index contributed by atoms with van der Waals surface area (Å²) in [6, 6.07) is 8.53. The third-order valence-electron chi connectivity index (χ3n) is 2.53. The molecule has 0 aliphatic carbocycles. The molecule has 0 atom stereocenters. The lowest BCUT2D eigenvalue weighted by molar-refractivity contribution is -0.386. The van der Waals surface area contributed by atoms with Gasteiger partial charge in [-0.05, 0) is 18.1 Å². The third-order valence-corrected chi connectivity index (χ3v) is 2.53. The van der Waals surface area contributed by atoms with Crippen LogP contribution in [0.4, 0.5) is 5.69 Å². The fraction of sp³-hybridized carbons (Fsp3) is 0.154. The predicted octanol–water partition coefficient (Wildman–Crippen LogP) is 2.32. The number of hydrogen-bond donors (Lipinski definition) is 1. The van der Waals surface area contributed by atoms with Crippen LogP contribution in [0.3, 0.4) is 0 Å². The topological polar surface area (TPSA) is 85.5 Å². The molecular formula is C13H12N2O4. The standard InChI is InChI=1S/C13H12N2O4/c16-8-6-10-3-1-2-4-12(10)19-13-5-7-14-9-11(13)15(17)18/h1-5,7,9,16H,6,8H2. The highest BCUT2D eigenvalue weighted by Crippen LogP contribution is 2.31. The zero-order chi connectivity index (χ0) is 13.7. The van der Waals surface area contributed by atoms with Crippen LogP contribution < -0.4 is 4.74 Å². The molecule has 0 saturated carbocycles. The maximum atomic E-state index is 10.9. The molecule has 0 aliphatic rings. The van der Waals surface area contributed by atoms with Crippen molar-refractivity contribution in [3.8, 4) is 11.5 Å². The van der Waals surface area contributed by atoms with Gasteiger partial charge in [0.2, 0.25) is 5.75 Å². The van der Waals surface area contributed by atoms with E-state index < -0.39 is 4.92 Å². The molecule has 0 unspecified atom stereocenters. The number of pyridine rings is 1. The number of hydrogen-bond acceptors (Lipinski definition) is 5. The zero-order valence-corrected chi connectivity index (χ0v) is 10.0. The highest BCUT2D eigenvalue weighted by Gasteiger charge is 2.16. The molecule has 1 aromatic carbocycles. The summed E-state index contributed by atoms with van der Waals surface area (Å²) in [7, 11) is 0. The second-order valence-electron chi connectivity index (χ2n) is 3.78. The number of ether oxygens (including phenoxy) is 1. The molecule has 98 valence electrons. The third kappa shape index (κ3) is 3.05. The molecule has 1 aromatic heterocycles. The van der Waals surface area contributed by atoms with Crippen molar-refractivity contribution in [2.24, 2.45) is 0 Å². The second kappa shape index (κ2) is 5.92. The van der Waals surface area contributed by atoms with Crippen LogP contribution in [0, 0.1) is 10.1 Å². The van der Waals surface area contributed by atoms with E-state index in [4.69, 9.17) is 9.84 Å². The molecule has 1 heterocycles. The predicted molar refractivity (Wildman–Crippen MR) is 68.2 cm³/mol. The van der Waals surface area contributed by atoms with Gasteiger partial charge in [-0.15, -0.1) is 0 Å². The van der Waals surface area contributed by atoms with Crippen molar-refractivity contribution in [3.05, 3.63) is 58.4 Å². The first-order valence-corrected chi connectivity index (χ1v) is 5.67. The Morgan fingerprint density at radius 1 is 1.26 bits per heavy atom. The molecule has 0 bridgehead atoms. The normalized spacial score (nSPS) is 10.2. The quantitative estimate of drug-likeness (QED) is 0.658. The minimum absolute atomic E-state index is 0.0151. The van der Waals surface area contributed by atoms with E-state index in [1.54, 1.807) is 18.2 Å². The molecule has 1 N–H and O–H groups in total. The van der Waals surface area contributed by atoms with Crippen molar-refractivity contribution < 1.29 is 14.8 Å². The summed E-state index contributed by atoms with van der Waals surface area (Å²) in [6.07, 6.45) is 3.00. The lowest BCUT2D eigenvalue weighted by Crippen LogP contribution is -1.98. The molecule has 0 saturated heterocycles. The highest BCUT2D eigenvalue weighted by molar-refractivity contribution is 5.47. The maximum Gasteiger partial charge on any atom is 0.329 e. The van der Waals surface area contributed by atoms with Crippen LogP contribution in [-0.4, -0.2) is 21.6 Å². The monoisotopic (exact) mass is 260 g/mol. The molecule has 0 fully saturated rings. The number of rotatable bonds is 5. The van der Waals surface area contributed by atoms with E-state index in [0.717, 1.165) is 11.8 Å². The van der Waals surface area contributed by atoms with Gasteiger partial charge in [-0.2, -0.15) is 0 Å². The first-order valence-electron chi connectivity index (χ1n) is 5.67. The van der Waals surface area contributed by atoms with E-state index in [1.807, 2.05) is 6.07 Å². The van der Waals surface area contributed by atoms with Crippen molar-refractivity contribution in [2.75, 3.05) is 6.61 Å². The summed E-state index contributed by atoms with van der Waals surface area (Å²) in [6.45, 7) is -0.0151. The van der Waals surface area contributed by atoms with Crippen LogP contribution >= 0.6 is 0 Å². The minimum atomic E-state index is -0.545. The van der Waals surface area contributed by atoms with E-state index in [9.17, 15) is 10.1 Å². The van der Waals surface area contributed by atoms with E-state index in [-0.39, 0.29) is 18.0 Å². The van der Waals surface area contributed by atoms with E-state index >= 15 is 0 Å². The van der Waals surface area contributed by atoms with Crippen LogP contribution in [0.2, 0.25) is 0 Å². The van der Waals surface area contributed by atoms with Crippen LogP contribution in [-0.2, 0) is 6.42 Å². The molecule has 0 aliphatic heterocycles.